The van der Waals surface area contributed by atoms with Crippen LogP contribution in [0.5, 0.6) is 0 Å². The van der Waals surface area contributed by atoms with Gasteiger partial charge in [0.25, 0.3) is 0 Å². The number of aliphatic carboxylic acids is 2. The third-order valence-corrected chi connectivity index (χ3v) is 2.98. The van der Waals surface area contributed by atoms with Crippen LogP contribution < -0.4 is 64.2 Å². The molecule has 0 aliphatic carbocycles. The Bertz CT molecular complexity index is 217. The van der Waals surface area contributed by atoms with Gasteiger partial charge < -0.3 is 26.0 Å². The fraction of sp³-hybridized carbons (Fsp3) is 0.875. The Morgan fingerprint density at radius 3 is 1.38 bits per heavy atom. The number of hydrogen-bond donors (Lipinski definition) is 1. The summed E-state index contributed by atoms with van der Waals surface area (Å²) in [6, 6.07) is 0. The third-order valence-electron chi connectivity index (χ3n) is 2.98. The normalized spacial score (nSPS) is 8.08. The predicted octanol–water partition coefficient (Wildman–Crippen LogP) is -3.47. The van der Waals surface area contributed by atoms with Gasteiger partial charge in [0.1, 0.15) is 0 Å². The molecule has 0 saturated carbocycles. The molecule has 0 aliphatic rings. The van der Waals surface area contributed by atoms with Crippen molar-refractivity contribution in [1.82, 2.24) is 0 Å². The van der Waals surface area contributed by atoms with E-state index in [9.17, 15) is 14.7 Å². The molecule has 0 aromatic carbocycles. The molecule has 0 saturated heterocycles. The summed E-state index contributed by atoms with van der Waals surface area (Å²) in [5.74, 6) is -1.59. The van der Waals surface area contributed by atoms with Gasteiger partial charge in [-0.3, -0.25) is 4.79 Å². The Hall–Kier alpha value is 0.860. The molecule has 0 amide bonds. The maximum Gasteiger partial charge on any atom is 1.00 e. The molecule has 4 N–H and O–H groups in total. The standard InChI is InChI=1S/2C8H16O2.2Na.2H2O/c2*1-2-3-4-5-6-7-8(9)10;;;;/h2*2-7H2,1H3,(H,9,10);;;2*1H2/q;;2*+1;;/p-2. The number of carboxylic acid groups (broad SMARTS) is 2. The number of carbonyl (C=O) groups excluding carboxylic acids is 1. The average molecular weight is 368 g/mol. The smallest absolute Gasteiger partial charge is 0.870 e. The Labute approximate surface area is 191 Å². The van der Waals surface area contributed by atoms with Crippen LogP contribution in [-0.2, 0) is 9.59 Å². The van der Waals surface area contributed by atoms with Gasteiger partial charge in [0.15, 0.2) is 0 Å². The van der Waals surface area contributed by atoms with Crippen LogP contribution in [0.1, 0.15) is 90.9 Å². The Balaban J connectivity index is -0.0000000579. The van der Waals surface area contributed by atoms with Crippen LogP contribution in [0, 0.1) is 0 Å². The van der Waals surface area contributed by atoms with E-state index < -0.39 is 11.9 Å². The molecule has 0 fully saturated rings. The van der Waals surface area contributed by atoms with Crippen molar-refractivity contribution in [2.45, 2.75) is 90.9 Å². The van der Waals surface area contributed by atoms with Crippen LogP contribution in [0.4, 0.5) is 0 Å². The van der Waals surface area contributed by atoms with Crippen LogP contribution in [0.25, 0.3) is 0 Å². The van der Waals surface area contributed by atoms with E-state index in [-0.39, 0.29) is 76.5 Å². The molecule has 0 aromatic heterocycles. The SMILES string of the molecule is CCCCCCCC(=O)O.CCCCCCCC(=O)[O-].O.[Na+].[Na+].[OH-]. The first-order valence-electron chi connectivity index (χ1n) is 7.96. The van der Waals surface area contributed by atoms with Gasteiger partial charge in [-0.2, -0.15) is 0 Å². The van der Waals surface area contributed by atoms with Gasteiger partial charge in [0.05, 0.1) is 0 Å². The van der Waals surface area contributed by atoms with E-state index in [4.69, 9.17) is 5.11 Å². The van der Waals surface area contributed by atoms with Gasteiger partial charge in [-0.1, -0.05) is 65.2 Å². The third kappa shape index (κ3) is 49.5. The molecule has 0 aromatic rings. The Kier molecular flexibility index (Phi) is 58.1. The van der Waals surface area contributed by atoms with E-state index in [1.807, 2.05) is 0 Å². The van der Waals surface area contributed by atoms with Crippen LogP contribution >= 0.6 is 0 Å². The van der Waals surface area contributed by atoms with E-state index in [2.05, 4.69) is 13.8 Å². The second kappa shape index (κ2) is 35.1. The van der Waals surface area contributed by atoms with Crippen LogP contribution in [-0.4, -0.2) is 28.0 Å². The molecule has 8 heteroatoms. The molecule has 0 spiro atoms. The summed E-state index contributed by atoms with van der Waals surface area (Å²) in [4.78, 5) is 20.0. The fourth-order valence-corrected chi connectivity index (χ4v) is 1.75. The summed E-state index contributed by atoms with van der Waals surface area (Å²) >= 11 is 0. The molecule has 0 heterocycles. The maximum absolute atomic E-state index is 10.0. The molecule has 0 bridgehead atoms. The van der Waals surface area contributed by atoms with Gasteiger partial charge in [-0.05, 0) is 19.3 Å². The quantitative estimate of drug-likeness (QED) is 0.282. The molecule has 6 nitrogen and oxygen atoms in total. The van der Waals surface area contributed by atoms with Crippen molar-refractivity contribution in [2.75, 3.05) is 0 Å². The summed E-state index contributed by atoms with van der Waals surface area (Å²) in [5.41, 5.74) is 0. The van der Waals surface area contributed by atoms with Crippen LogP contribution in [0.15, 0.2) is 0 Å². The van der Waals surface area contributed by atoms with Crippen LogP contribution in [0.2, 0.25) is 0 Å². The largest absolute Gasteiger partial charge is 1.00 e. The van der Waals surface area contributed by atoms with Gasteiger partial charge in [0.2, 0.25) is 0 Å². The van der Waals surface area contributed by atoms with Gasteiger partial charge in [-0.25, -0.2) is 0 Å². The first-order valence-corrected chi connectivity index (χ1v) is 7.96. The molecule has 0 atom stereocenters. The second-order valence-electron chi connectivity index (χ2n) is 5.09. The number of unbranched alkanes of at least 4 members (excludes halogenated alkanes) is 8. The van der Waals surface area contributed by atoms with E-state index in [0.717, 1.165) is 32.1 Å². The first-order chi connectivity index (χ1) is 9.54. The molecule has 24 heavy (non-hydrogen) atoms. The van der Waals surface area contributed by atoms with Crippen molar-refractivity contribution in [2.24, 2.45) is 0 Å². The topological polar surface area (TPSA) is 139 Å². The first kappa shape index (κ1) is 39.8. The molecule has 0 unspecified atom stereocenters. The summed E-state index contributed by atoms with van der Waals surface area (Å²) in [5, 5.41) is 18.2. The van der Waals surface area contributed by atoms with Crippen molar-refractivity contribution in [1.29, 1.82) is 0 Å². The average Bonchev–Trinajstić information content (AvgIpc) is 2.38. The van der Waals surface area contributed by atoms with E-state index in [1.165, 1.54) is 32.1 Å². The summed E-state index contributed by atoms with van der Waals surface area (Å²) in [7, 11) is 0. The van der Waals surface area contributed by atoms with Crippen molar-refractivity contribution < 1.29 is 89.9 Å². The second-order valence-corrected chi connectivity index (χ2v) is 5.09. The van der Waals surface area contributed by atoms with Gasteiger partial charge in [0, 0.05) is 12.4 Å². The van der Waals surface area contributed by atoms with Crippen molar-refractivity contribution in [3.8, 4) is 0 Å². The van der Waals surface area contributed by atoms with Crippen LogP contribution in [0.3, 0.4) is 0 Å². The Morgan fingerprint density at radius 2 is 1.08 bits per heavy atom. The fourth-order valence-electron chi connectivity index (χ4n) is 1.75. The van der Waals surface area contributed by atoms with Crippen molar-refractivity contribution >= 4 is 11.9 Å². The minimum Gasteiger partial charge on any atom is -0.870 e. The van der Waals surface area contributed by atoms with Gasteiger partial charge >= 0.3 is 65.1 Å². The monoisotopic (exact) mass is 368 g/mol. The molecular weight excluding hydrogens is 334 g/mol. The van der Waals surface area contributed by atoms with Crippen molar-refractivity contribution in [3.05, 3.63) is 0 Å². The minimum absolute atomic E-state index is 0. The maximum atomic E-state index is 10.0. The zero-order chi connectivity index (χ0) is 15.6. The molecular formula is C16H34Na2O6. The molecule has 0 radical (unpaired) electrons. The summed E-state index contributed by atoms with van der Waals surface area (Å²) in [6.45, 7) is 4.29. The summed E-state index contributed by atoms with van der Waals surface area (Å²) in [6.07, 6.45) is 11.5. The zero-order valence-electron chi connectivity index (χ0n) is 16.1. The van der Waals surface area contributed by atoms with E-state index >= 15 is 0 Å². The number of rotatable bonds is 12. The molecule has 0 rings (SSSR count). The minimum atomic E-state index is -0.920. The number of carbonyl (C=O) groups is 2. The zero-order valence-corrected chi connectivity index (χ0v) is 20.1. The summed E-state index contributed by atoms with van der Waals surface area (Å²) < 4.78 is 0. The Morgan fingerprint density at radius 1 is 0.750 bits per heavy atom. The van der Waals surface area contributed by atoms with Crippen molar-refractivity contribution in [3.63, 3.8) is 0 Å². The predicted molar refractivity (Wildman–Crippen MR) is 84.9 cm³/mol. The molecule has 0 aliphatic heterocycles. The number of carboxylic acids is 2. The van der Waals surface area contributed by atoms with E-state index in [0.29, 0.717) is 6.42 Å². The molecule has 136 valence electrons. The number of hydrogen-bond acceptors (Lipinski definition) is 4. The van der Waals surface area contributed by atoms with E-state index in [1.54, 1.807) is 0 Å². The van der Waals surface area contributed by atoms with Gasteiger partial charge in [-0.15, -0.1) is 0 Å².